The van der Waals surface area contributed by atoms with Gasteiger partial charge in [0.25, 0.3) is 5.91 Å². The summed E-state index contributed by atoms with van der Waals surface area (Å²) in [6.07, 6.45) is 1.85. The number of hydrogen-bond donors (Lipinski definition) is 1. The van der Waals surface area contributed by atoms with E-state index < -0.39 is 18.5 Å². The summed E-state index contributed by atoms with van der Waals surface area (Å²) in [5, 5.41) is 4.68. The Morgan fingerprint density at radius 3 is 2.29 bits per heavy atom. The third-order valence-corrected chi connectivity index (χ3v) is 9.00. The predicted molar refractivity (Wildman–Crippen MR) is 154 cm³/mol. The molecule has 2 saturated carbocycles. The molecule has 4 aromatic rings. The van der Waals surface area contributed by atoms with Crippen LogP contribution in [0, 0.1) is 23.7 Å². The molecule has 0 spiro atoms. The van der Waals surface area contributed by atoms with Gasteiger partial charge in [-0.3, -0.25) is 19.3 Å². The molecule has 41 heavy (non-hydrogen) atoms. The minimum atomic E-state index is -0.663. The second-order valence-electron chi connectivity index (χ2n) is 11.2. The number of ether oxygens (including phenoxy) is 1. The SMILES string of the molecule is O=C(COC(=O)c1ccc(N2C(=O)[C@@H]3[C@@H]4C[C@@H]([C@H]3C2=O)[C@@H](c2ccccc2)C4)cc1)Nc1cccc2ccccc12. The number of hydrogen-bond acceptors (Lipinski definition) is 5. The molecule has 7 rings (SSSR count). The number of carbonyl (C=O) groups is 4. The lowest BCUT2D eigenvalue weighted by Gasteiger charge is -2.28. The molecule has 0 aromatic heterocycles. The second kappa shape index (κ2) is 10.0. The fourth-order valence-corrected chi connectivity index (χ4v) is 7.28. The van der Waals surface area contributed by atoms with E-state index in [4.69, 9.17) is 4.74 Å². The van der Waals surface area contributed by atoms with Gasteiger partial charge in [0.15, 0.2) is 6.61 Å². The standard InChI is InChI=1S/C34H28N2O5/c37-29(35-28-12-6-10-20-9-4-5-11-25(20)28)19-41-34(40)22-13-15-24(16-14-22)36-32(38)30-23-17-26(21-7-2-1-3-8-21)27(18-23)31(30)33(36)39/h1-16,23,26-27,30-31H,17-19H2,(H,35,37)/t23-,26+,27+,30+,31+/m0/s1. The largest absolute Gasteiger partial charge is 0.452 e. The number of amides is 3. The average Bonchev–Trinajstić information content (AvgIpc) is 3.68. The number of esters is 1. The van der Waals surface area contributed by atoms with Crippen LogP contribution in [-0.2, 0) is 19.1 Å². The van der Waals surface area contributed by atoms with Gasteiger partial charge in [-0.05, 0) is 71.9 Å². The third kappa shape index (κ3) is 4.29. The molecule has 2 bridgehead atoms. The molecular weight excluding hydrogens is 516 g/mol. The van der Waals surface area contributed by atoms with Crippen LogP contribution in [0.4, 0.5) is 11.4 Å². The number of nitrogens with one attached hydrogen (secondary N) is 1. The van der Waals surface area contributed by atoms with E-state index in [2.05, 4.69) is 17.4 Å². The van der Waals surface area contributed by atoms with E-state index >= 15 is 0 Å². The lowest BCUT2D eigenvalue weighted by Crippen LogP contribution is -2.33. The first-order valence-electron chi connectivity index (χ1n) is 14.0. The van der Waals surface area contributed by atoms with Crippen LogP contribution in [0.3, 0.4) is 0 Å². The molecule has 1 saturated heterocycles. The van der Waals surface area contributed by atoms with Crippen LogP contribution in [0.15, 0.2) is 97.1 Å². The first-order chi connectivity index (χ1) is 20.0. The Balaban J connectivity index is 1.00. The van der Waals surface area contributed by atoms with E-state index in [0.29, 0.717) is 17.3 Å². The van der Waals surface area contributed by atoms with Crippen molar-refractivity contribution >= 4 is 45.8 Å². The summed E-state index contributed by atoms with van der Waals surface area (Å²) in [4.78, 5) is 53.4. The van der Waals surface area contributed by atoms with E-state index in [1.807, 2.05) is 54.6 Å². The van der Waals surface area contributed by atoms with Gasteiger partial charge in [-0.2, -0.15) is 0 Å². The zero-order chi connectivity index (χ0) is 28.1. The summed E-state index contributed by atoms with van der Waals surface area (Å²) in [5.74, 6) is -1.27. The molecule has 1 heterocycles. The summed E-state index contributed by atoms with van der Waals surface area (Å²) in [6.45, 7) is -0.443. The highest BCUT2D eigenvalue weighted by molar-refractivity contribution is 6.22. The molecule has 1 aliphatic heterocycles. The normalized spacial score (nSPS) is 24.5. The first kappa shape index (κ1) is 25.2. The zero-order valence-corrected chi connectivity index (χ0v) is 22.2. The van der Waals surface area contributed by atoms with E-state index in [1.165, 1.54) is 22.6 Å². The smallest absolute Gasteiger partial charge is 0.338 e. The highest BCUT2D eigenvalue weighted by Gasteiger charge is 2.64. The van der Waals surface area contributed by atoms with Crippen LogP contribution in [0.5, 0.6) is 0 Å². The molecule has 3 aliphatic rings. The van der Waals surface area contributed by atoms with Crippen molar-refractivity contribution in [2.24, 2.45) is 23.7 Å². The van der Waals surface area contributed by atoms with Crippen LogP contribution in [0.1, 0.15) is 34.7 Å². The molecule has 3 fully saturated rings. The summed E-state index contributed by atoms with van der Waals surface area (Å²) in [5.41, 5.74) is 2.57. The number of anilines is 2. The summed E-state index contributed by atoms with van der Waals surface area (Å²) < 4.78 is 5.23. The molecule has 4 aromatic carbocycles. The zero-order valence-electron chi connectivity index (χ0n) is 22.2. The van der Waals surface area contributed by atoms with E-state index in [0.717, 1.165) is 23.6 Å². The van der Waals surface area contributed by atoms with Crippen molar-refractivity contribution in [1.29, 1.82) is 0 Å². The van der Waals surface area contributed by atoms with Gasteiger partial charge in [-0.25, -0.2) is 4.79 Å². The van der Waals surface area contributed by atoms with E-state index in [9.17, 15) is 19.2 Å². The summed E-state index contributed by atoms with van der Waals surface area (Å²) in [7, 11) is 0. The lowest BCUT2D eigenvalue weighted by atomic mass is 9.73. The molecule has 7 nitrogen and oxygen atoms in total. The quantitative estimate of drug-likeness (QED) is 0.253. The maximum Gasteiger partial charge on any atom is 0.338 e. The Kier molecular flexibility index (Phi) is 6.15. The van der Waals surface area contributed by atoms with Crippen molar-refractivity contribution in [3.63, 3.8) is 0 Å². The van der Waals surface area contributed by atoms with Gasteiger partial charge in [0.1, 0.15) is 0 Å². The van der Waals surface area contributed by atoms with Gasteiger partial charge in [0, 0.05) is 11.1 Å². The summed E-state index contributed by atoms with van der Waals surface area (Å²) in [6, 6.07) is 29.8. The topological polar surface area (TPSA) is 92.8 Å². The van der Waals surface area contributed by atoms with Crippen molar-refractivity contribution in [3.05, 3.63) is 108 Å². The van der Waals surface area contributed by atoms with Crippen molar-refractivity contribution in [3.8, 4) is 0 Å². The predicted octanol–water partition coefficient (Wildman–Crippen LogP) is 5.56. The van der Waals surface area contributed by atoms with Gasteiger partial charge < -0.3 is 10.1 Å². The van der Waals surface area contributed by atoms with Gasteiger partial charge in [0.05, 0.1) is 23.1 Å². The van der Waals surface area contributed by atoms with Crippen LogP contribution in [-0.4, -0.2) is 30.3 Å². The Morgan fingerprint density at radius 1 is 0.780 bits per heavy atom. The Labute approximate surface area is 237 Å². The first-order valence-corrected chi connectivity index (χ1v) is 14.0. The van der Waals surface area contributed by atoms with Gasteiger partial charge in [-0.15, -0.1) is 0 Å². The minimum Gasteiger partial charge on any atom is -0.452 e. The van der Waals surface area contributed by atoms with Crippen LogP contribution < -0.4 is 10.2 Å². The van der Waals surface area contributed by atoms with E-state index in [1.54, 1.807) is 18.2 Å². The molecule has 5 atom stereocenters. The van der Waals surface area contributed by atoms with Crippen LogP contribution >= 0.6 is 0 Å². The highest BCUT2D eigenvalue weighted by atomic mass is 16.5. The Morgan fingerprint density at radius 2 is 1.49 bits per heavy atom. The van der Waals surface area contributed by atoms with Crippen molar-refractivity contribution in [2.75, 3.05) is 16.8 Å². The fraction of sp³-hybridized carbons (Fsp3) is 0.235. The number of fused-ring (bicyclic) bond motifs is 6. The highest BCUT2D eigenvalue weighted by Crippen LogP contribution is 2.61. The van der Waals surface area contributed by atoms with Gasteiger partial charge in [-0.1, -0.05) is 66.7 Å². The maximum absolute atomic E-state index is 13.6. The van der Waals surface area contributed by atoms with Crippen molar-refractivity contribution < 1.29 is 23.9 Å². The van der Waals surface area contributed by atoms with Gasteiger partial charge >= 0.3 is 5.97 Å². The number of nitrogens with zero attached hydrogens (tertiary/aromatic N) is 1. The molecule has 0 radical (unpaired) electrons. The molecule has 0 unspecified atom stereocenters. The molecule has 3 amide bonds. The minimum absolute atomic E-state index is 0.139. The number of carbonyl (C=O) groups excluding carboxylic acids is 4. The molecular formula is C34H28N2O5. The van der Waals surface area contributed by atoms with Crippen molar-refractivity contribution in [1.82, 2.24) is 0 Å². The number of imide groups is 1. The third-order valence-electron chi connectivity index (χ3n) is 9.00. The Hall–Kier alpha value is -4.78. The Bertz CT molecular complexity index is 1680. The van der Waals surface area contributed by atoms with Gasteiger partial charge in [0.2, 0.25) is 11.8 Å². The average molecular weight is 545 g/mol. The van der Waals surface area contributed by atoms with Crippen molar-refractivity contribution in [2.45, 2.75) is 18.8 Å². The molecule has 204 valence electrons. The second-order valence-corrected chi connectivity index (χ2v) is 11.2. The summed E-state index contributed by atoms with van der Waals surface area (Å²) >= 11 is 0. The number of rotatable bonds is 6. The van der Waals surface area contributed by atoms with Crippen LogP contribution in [0.2, 0.25) is 0 Å². The lowest BCUT2D eigenvalue weighted by molar-refractivity contribution is -0.123. The van der Waals surface area contributed by atoms with Crippen LogP contribution in [0.25, 0.3) is 10.8 Å². The fourth-order valence-electron chi connectivity index (χ4n) is 7.28. The molecule has 1 N–H and O–H groups in total. The van der Waals surface area contributed by atoms with E-state index in [-0.39, 0.29) is 41.0 Å². The monoisotopic (exact) mass is 544 g/mol. The molecule has 2 aliphatic carbocycles. The molecule has 7 heteroatoms. The maximum atomic E-state index is 13.6. The number of benzene rings is 4.